The Hall–Kier alpha value is -3.34. The maximum atomic E-state index is 14.8. The lowest BCUT2D eigenvalue weighted by atomic mass is 9.85. The number of nitriles is 2. The Labute approximate surface area is 172 Å². The lowest BCUT2D eigenvalue weighted by molar-refractivity contribution is 0.400. The van der Waals surface area contributed by atoms with Gasteiger partial charge in [0, 0.05) is 23.2 Å². The van der Waals surface area contributed by atoms with Crippen LogP contribution in [0.3, 0.4) is 0 Å². The van der Waals surface area contributed by atoms with Gasteiger partial charge in [0.2, 0.25) is 0 Å². The van der Waals surface area contributed by atoms with Crippen LogP contribution in [0.15, 0.2) is 35.5 Å². The second-order valence-electron chi connectivity index (χ2n) is 7.40. The van der Waals surface area contributed by atoms with E-state index in [2.05, 4.69) is 27.9 Å². The predicted octanol–water partition coefficient (Wildman–Crippen LogP) is 3.36. The average molecular weight is 401 g/mol. The Balaban J connectivity index is 1.73. The quantitative estimate of drug-likeness (QED) is 0.739. The number of pyridine rings is 1. The van der Waals surface area contributed by atoms with E-state index in [1.807, 2.05) is 19.9 Å². The van der Waals surface area contributed by atoms with Gasteiger partial charge < -0.3 is 5.73 Å². The minimum atomic E-state index is -0.907. The van der Waals surface area contributed by atoms with Crippen LogP contribution < -0.4 is 5.73 Å². The maximum Gasteiger partial charge on any atom is 0.156 e. The van der Waals surface area contributed by atoms with E-state index in [1.54, 1.807) is 18.2 Å². The van der Waals surface area contributed by atoms with Gasteiger partial charge in [0.05, 0.1) is 17.2 Å². The van der Waals surface area contributed by atoms with Gasteiger partial charge in [-0.1, -0.05) is 17.7 Å². The van der Waals surface area contributed by atoms with Gasteiger partial charge in [0.1, 0.15) is 22.3 Å². The summed E-state index contributed by atoms with van der Waals surface area (Å²) in [6.45, 7) is 3.66. The first kappa shape index (κ1) is 19.0. The largest absolute Gasteiger partial charge is 0.378 e. The molecule has 2 aromatic rings. The first-order chi connectivity index (χ1) is 13.8. The van der Waals surface area contributed by atoms with Crippen LogP contribution in [0, 0.1) is 53.2 Å². The van der Waals surface area contributed by atoms with Crippen LogP contribution in [-0.2, 0) is 5.54 Å². The molecule has 1 aromatic carbocycles. The zero-order valence-corrected chi connectivity index (χ0v) is 16.6. The Morgan fingerprint density at radius 3 is 2.72 bits per heavy atom. The van der Waals surface area contributed by atoms with E-state index in [9.17, 15) is 9.65 Å². The van der Waals surface area contributed by atoms with Crippen LogP contribution in [0.25, 0.3) is 0 Å². The molecule has 0 radical (unpaired) electrons. The molecule has 2 heterocycles. The van der Waals surface area contributed by atoms with Crippen molar-refractivity contribution in [2.75, 3.05) is 0 Å². The van der Waals surface area contributed by atoms with E-state index in [1.165, 1.54) is 24.0 Å². The molecule has 0 saturated heterocycles. The second-order valence-corrected chi connectivity index (χ2v) is 8.75. The molecular weight excluding hydrogens is 385 g/mol. The lowest BCUT2D eigenvalue weighted by Gasteiger charge is -2.32. The summed E-state index contributed by atoms with van der Waals surface area (Å²) in [6.07, 6.45) is 2.10. The van der Waals surface area contributed by atoms with Crippen LogP contribution >= 0.6 is 11.8 Å². The van der Waals surface area contributed by atoms with Crippen molar-refractivity contribution in [3.05, 3.63) is 64.2 Å². The standard InChI is InChI=1S/C22H16FN5S/c1-13-7-15(10-24)11-27-18(13)6-4-14-3-5-17(23)16(8-14)21(2)19-9-22(19,12-25)29-20(26)28-21/h3,5,7-8,11,19H,9H2,1-2H3,(H2,26,28)/t19-,21+,22+/m0/s1. The topological polar surface area (TPSA) is 98.8 Å². The zero-order chi connectivity index (χ0) is 20.8. The van der Waals surface area contributed by atoms with Gasteiger partial charge in [-0.3, -0.25) is 4.99 Å². The number of hydrogen-bond donors (Lipinski definition) is 1. The molecule has 5 nitrogen and oxygen atoms in total. The summed E-state index contributed by atoms with van der Waals surface area (Å²) in [6, 6.07) is 10.7. The first-order valence-electron chi connectivity index (χ1n) is 8.96. The third kappa shape index (κ3) is 3.12. The molecule has 0 amide bonds. The van der Waals surface area contributed by atoms with Gasteiger partial charge in [-0.2, -0.15) is 10.5 Å². The molecule has 0 unspecified atom stereocenters. The normalized spacial score (nSPS) is 26.8. The van der Waals surface area contributed by atoms with Crippen molar-refractivity contribution < 1.29 is 4.39 Å². The summed E-state index contributed by atoms with van der Waals surface area (Å²) < 4.78 is 14.1. The van der Waals surface area contributed by atoms with Gasteiger partial charge in [0.25, 0.3) is 0 Å². The first-order valence-corrected chi connectivity index (χ1v) is 9.77. The Kier molecular flexibility index (Phi) is 4.34. The van der Waals surface area contributed by atoms with Crippen molar-refractivity contribution in [3.63, 3.8) is 0 Å². The van der Waals surface area contributed by atoms with E-state index in [0.29, 0.717) is 34.0 Å². The molecule has 1 aliphatic heterocycles. The minimum absolute atomic E-state index is 0.0996. The number of amidine groups is 1. The van der Waals surface area contributed by atoms with E-state index in [0.717, 1.165) is 5.56 Å². The van der Waals surface area contributed by atoms with Crippen LogP contribution in [0.2, 0.25) is 0 Å². The maximum absolute atomic E-state index is 14.8. The Morgan fingerprint density at radius 1 is 1.24 bits per heavy atom. The molecule has 2 N–H and O–H groups in total. The molecule has 1 aromatic heterocycles. The van der Waals surface area contributed by atoms with Crippen molar-refractivity contribution >= 4 is 16.9 Å². The highest BCUT2D eigenvalue weighted by atomic mass is 32.2. The van der Waals surface area contributed by atoms with Crippen LogP contribution in [0.5, 0.6) is 0 Å². The molecule has 3 atom stereocenters. The lowest BCUT2D eigenvalue weighted by Crippen LogP contribution is -2.35. The van der Waals surface area contributed by atoms with Crippen LogP contribution in [0.1, 0.15) is 41.3 Å². The van der Waals surface area contributed by atoms with Gasteiger partial charge in [-0.25, -0.2) is 9.37 Å². The molecular formula is C22H16FN5S. The summed E-state index contributed by atoms with van der Waals surface area (Å²) in [4.78, 5) is 8.74. The summed E-state index contributed by atoms with van der Waals surface area (Å²) >= 11 is 1.27. The highest BCUT2D eigenvalue weighted by Crippen LogP contribution is 2.65. The SMILES string of the molecule is Cc1cc(C#N)cnc1C#Cc1ccc(F)c([C@@]2(C)N=C(N)S[C@@]3(C#N)C[C@H]32)c1. The molecule has 142 valence electrons. The van der Waals surface area contributed by atoms with Crippen molar-refractivity contribution in [1.29, 1.82) is 10.5 Å². The average Bonchev–Trinajstić information content (AvgIpc) is 3.43. The molecule has 2 aliphatic rings. The highest BCUT2D eigenvalue weighted by Gasteiger charge is 2.67. The molecule has 1 aliphatic carbocycles. The third-order valence-electron chi connectivity index (χ3n) is 5.45. The zero-order valence-electron chi connectivity index (χ0n) is 15.8. The van der Waals surface area contributed by atoms with Gasteiger partial charge in [-0.05, 0) is 56.0 Å². The van der Waals surface area contributed by atoms with E-state index < -0.39 is 16.1 Å². The second kappa shape index (κ2) is 6.62. The molecule has 29 heavy (non-hydrogen) atoms. The summed E-state index contributed by atoms with van der Waals surface area (Å²) in [5.41, 5.74) is 7.89. The highest BCUT2D eigenvalue weighted by molar-refractivity contribution is 8.15. The number of aryl methyl sites for hydroxylation is 1. The fourth-order valence-corrected chi connectivity index (χ4v) is 5.09. The van der Waals surface area contributed by atoms with Crippen LogP contribution in [0.4, 0.5) is 4.39 Å². The Bertz CT molecular complexity index is 1210. The molecule has 4 rings (SSSR count). The number of benzene rings is 1. The number of hydrogen-bond acceptors (Lipinski definition) is 6. The van der Waals surface area contributed by atoms with Crippen molar-refractivity contribution in [2.45, 2.75) is 30.6 Å². The van der Waals surface area contributed by atoms with Crippen molar-refractivity contribution in [2.24, 2.45) is 16.6 Å². The Morgan fingerprint density at radius 2 is 2.03 bits per heavy atom. The fraction of sp³-hybridized carbons (Fsp3) is 0.273. The number of nitrogens with two attached hydrogens (primary N) is 1. The summed E-state index contributed by atoms with van der Waals surface area (Å²) in [7, 11) is 0. The number of nitrogens with zero attached hydrogens (tertiary/aromatic N) is 4. The summed E-state index contributed by atoms with van der Waals surface area (Å²) in [5.74, 6) is 5.50. The smallest absolute Gasteiger partial charge is 0.156 e. The number of aromatic nitrogens is 1. The van der Waals surface area contributed by atoms with Crippen molar-refractivity contribution in [1.82, 2.24) is 4.98 Å². The van der Waals surface area contributed by atoms with E-state index in [4.69, 9.17) is 11.0 Å². The number of rotatable bonds is 1. The summed E-state index contributed by atoms with van der Waals surface area (Å²) in [5, 5.41) is 18.8. The molecule has 1 saturated carbocycles. The molecule has 7 heteroatoms. The number of fused-ring (bicyclic) bond motifs is 1. The van der Waals surface area contributed by atoms with Crippen LogP contribution in [-0.4, -0.2) is 14.9 Å². The monoisotopic (exact) mass is 401 g/mol. The molecule has 1 fully saturated rings. The van der Waals surface area contributed by atoms with Gasteiger partial charge >= 0.3 is 0 Å². The molecule has 0 bridgehead atoms. The number of thioether (sulfide) groups is 1. The van der Waals surface area contributed by atoms with Gasteiger partial charge in [0.15, 0.2) is 5.17 Å². The number of aliphatic imine (C=N–C) groups is 1. The fourth-order valence-electron chi connectivity index (χ4n) is 3.81. The van der Waals surface area contributed by atoms with Crippen molar-refractivity contribution in [3.8, 4) is 24.0 Å². The third-order valence-corrected chi connectivity index (χ3v) is 6.66. The predicted molar refractivity (Wildman–Crippen MR) is 109 cm³/mol. The minimum Gasteiger partial charge on any atom is -0.378 e. The van der Waals surface area contributed by atoms with E-state index >= 15 is 0 Å². The molecule has 0 spiro atoms. The van der Waals surface area contributed by atoms with E-state index in [-0.39, 0.29) is 5.92 Å². The van der Waals surface area contributed by atoms with Gasteiger partial charge in [-0.15, -0.1) is 0 Å². The number of halogens is 1.